The van der Waals surface area contributed by atoms with Crippen molar-refractivity contribution in [1.82, 2.24) is 9.62 Å². The quantitative estimate of drug-likeness (QED) is 0.315. The highest BCUT2D eigenvalue weighted by Gasteiger charge is 2.44. The Labute approximate surface area is 290 Å². The van der Waals surface area contributed by atoms with Crippen molar-refractivity contribution in [2.24, 2.45) is 11.8 Å². The van der Waals surface area contributed by atoms with Crippen LogP contribution in [0.3, 0.4) is 0 Å². The Bertz CT molecular complexity index is 1690. The second kappa shape index (κ2) is 13.7. The molecular weight excluding hydrogens is 646 g/mol. The lowest BCUT2D eigenvalue weighted by molar-refractivity contribution is -0.143. The molecule has 2 fully saturated rings. The van der Waals surface area contributed by atoms with Crippen LogP contribution in [0.25, 0.3) is 0 Å². The highest BCUT2D eigenvalue weighted by atomic mass is 35.5. The summed E-state index contributed by atoms with van der Waals surface area (Å²) in [5, 5.41) is 0.476. The van der Waals surface area contributed by atoms with Crippen LogP contribution in [-0.2, 0) is 31.1 Å². The van der Waals surface area contributed by atoms with Gasteiger partial charge in [-0.1, -0.05) is 36.7 Å². The number of hydrogen-bond donors (Lipinski definition) is 1. The lowest BCUT2D eigenvalue weighted by Gasteiger charge is -2.46. The van der Waals surface area contributed by atoms with E-state index >= 15 is 0 Å². The van der Waals surface area contributed by atoms with Gasteiger partial charge in [0.05, 0.1) is 28.1 Å². The van der Waals surface area contributed by atoms with Gasteiger partial charge in [0.25, 0.3) is 5.91 Å². The van der Waals surface area contributed by atoms with Gasteiger partial charge in [0.15, 0.2) is 0 Å². The molecule has 0 radical (unpaired) electrons. The van der Waals surface area contributed by atoms with Gasteiger partial charge in [-0.2, -0.15) is 0 Å². The normalized spacial score (nSPS) is 32.4. The van der Waals surface area contributed by atoms with Crippen LogP contribution in [0.2, 0.25) is 5.02 Å². The second-order valence-corrected chi connectivity index (χ2v) is 17.3. The third-order valence-corrected chi connectivity index (χ3v) is 13.9. The summed E-state index contributed by atoms with van der Waals surface area (Å²) in [6.45, 7) is 5.73. The maximum absolute atomic E-state index is 13.8. The summed E-state index contributed by atoms with van der Waals surface area (Å²) in [6.07, 6.45) is 12.2. The van der Waals surface area contributed by atoms with Gasteiger partial charge < -0.3 is 19.3 Å². The fraction of sp³-hybridized carbons (Fsp3) is 0.553. The topological polar surface area (TPSA) is 88.2 Å². The van der Waals surface area contributed by atoms with Crippen molar-refractivity contribution in [2.75, 3.05) is 44.3 Å². The van der Waals surface area contributed by atoms with E-state index in [9.17, 15) is 13.8 Å². The first-order chi connectivity index (χ1) is 23.2. The summed E-state index contributed by atoms with van der Waals surface area (Å²) in [5.41, 5.74) is 3.65. The number of rotatable bonds is 4. The number of allylic oxidation sites excluding steroid dienone is 1. The molecule has 2 amide bonds. The zero-order valence-electron chi connectivity index (χ0n) is 28.0. The van der Waals surface area contributed by atoms with Gasteiger partial charge >= 0.3 is 0 Å². The predicted molar refractivity (Wildman–Crippen MR) is 193 cm³/mol. The van der Waals surface area contributed by atoms with Crippen molar-refractivity contribution in [3.05, 3.63) is 70.3 Å². The first kappa shape index (κ1) is 33.5. The van der Waals surface area contributed by atoms with Crippen molar-refractivity contribution in [3.63, 3.8) is 0 Å². The number of hydrogen-bond acceptors (Lipinski definition) is 6. The van der Waals surface area contributed by atoms with Gasteiger partial charge in [-0.25, -0.2) is 4.21 Å². The summed E-state index contributed by atoms with van der Waals surface area (Å²) >= 11 is 6.46. The highest BCUT2D eigenvalue weighted by Crippen LogP contribution is 2.47. The Morgan fingerprint density at radius 3 is 2.77 bits per heavy atom. The third kappa shape index (κ3) is 6.62. The third-order valence-electron chi connectivity index (χ3n) is 11.5. The number of anilines is 1. The Hall–Kier alpha value is -3.01. The molecule has 2 aromatic carbocycles. The van der Waals surface area contributed by atoms with Crippen LogP contribution in [0.1, 0.15) is 79.8 Å². The SMILES string of the molecule is C=S1(=O)NC(=O)c2ccc3c(c2)N(C[C@@H]2CC[C@H]2[C@@H](OCC(=O)N2CCC2)/C=C/CC[C@H]1CC)C[C@@]1(CCCc2cc(Cl)ccc21)CO3. The highest BCUT2D eigenvalue weighted by molar-refractivity contribution is 7.99. The molecule has 3 aliphatic heterocycles. The molecule has 5 aliphatic rings. The first-order valence-electron chi connectivity index (χ1n) is 17.7. The molecule has 1 saturated carbocycles. The van der Waals surface area contributed by atoms with Crippen LogP contribution in [0.15, 0.2) is 48.6 Å². The summed E-state index contributed by atoms with van der Waals surface area (Å²) in [7, 11) is -2.92. The molecule has 2 bridgehead atoms. The standard InChI is InChI=1S/C38H48ClN3O5S/c1-3-30-9-4-5-10-34(46-23-36(43)41-18-7-19-41)31-14-11-28(31)22-42-24-38(17-6-8-26-20-29(39)13-15-32(26)38)25-47-35-16-12-27(21-33(35)42)37(44)40-48(30,2)45/h5,10,12-13,15-16,20-21,28,30-31,34H,2-4,6-9,11,14,17-19,22-25H2,1H3,(H,40,44,45)/b10-5+/t28-,30+,31+,34-,38-,48?/m0/s1. The molecule has 0 aromatic heterocycles. The molecule has 10 heteroatoms. The summed E-state index contributed by atoms with van der Waals surface area (Å²) in [4.78, 5) is 30.8. The summed E-state index contributed by atoms with van der Waals surface area (Å²) < 4.78 is 29.7. The van der Waals surface area contributed by atoms with Gasteiger partial charge in [0.1, 0.15) is 12.4 Å². The smallest absolute Gasteiger partial charge is 0.262 e. The average molecular weight is 694 g/mol. The van der Waals surface area contributed by atoms with Crippen LogP contribution < -0.4 is 14.4 Å². The molecule has 7 rings (SSSR count). The number of carbonyl (C=O) groups excluding carboxylic acids is 2. The van der Waals surface area contributed by atoms with E-state index in [0.717, 1.165) is 81.2 Å². The summed E-state index contributed by atoms with van der Waals surface area (Å²) in [6, 6.07) is 11.8. The zero-order chi connectivity index (χ0) is 33.5. The van der Waals surface area contributed by atoms with E-state index in [1.807, 2.05) is 30.0 Å². The molecule has 1 unspecified atom stereocenters. The Morgan fingerprint density at radius 1 is 1.17 bits per heavy atom. The Morgan fingerprint density at radius 2 is 2.02 bits per heavy atom. The van der Waals surface area contributed by atoms with Crippen LogP contribution in [0, 0.1) is 11.8 Å². The van der Waals surface area contributed by atoms with Gasteiger partial charge in [-0.3, -0.25) is 14.3 Å². The van der Waals surface area contributed by atoms with Gasteiger partial charge in [0, 0.05) is 47.4 Å². The maximum Gasteiger partial charge on any atom is 0.262 e. The number of nitrogens with zero attached hydrogens (tertiary/aromatic N) is 2. The lowest BCUT2D eigenvalue weighted by Crippen LogP contribution is -2.50. The van der Waals surface area contributed by atoms with E-state index in [4.69, 9.17) is 21.1 Å². The second-order valence-electron chi connectivity index (χ2n) is 14.5. The van der Waals surface area contributed by atoms with E-state index < -0.39 is 9.71 Å². The number of ether oxygens (including phenoxy) is 2. The Balaban J connectivity index is 1.26. The van der Waals surface area contributed by atoms with Gasteiger partial charge in [0.2, 0.25) is 5.91 Å². The van der Waals surface area contributed by atoms with E-state index in [1.165, 1.54) is 11.1 Å². The van der Waals surface area contributed by atoms with Crippen molar-refractivity contribution in [3.8, 4) is 5.75 Å². The number of aryl methyl sites for hydroxylation is 1. The average Bonchev–Trinajstić information content (AvgIpc) is 3.16. The van der Waals surface area contributed by atoms with Crippen molar-refractivity contribution in [2.45, 2.75) is 81.5 Å². The van der Waals surface area contributed by atoms with E-state index in [0.29, 0.717) is 37.4 Å². The maximum atomic E-state index is 13.8. The number of amides is 2. The minimum Gasteiger partial charge on any atom is -0.490 e. The number of likely N-dealkylation sites (tertiary alicyclic amines) is 1. The van der Waals surface area contributed by atoms with E-state index in [-0.39, 0.29) is 41.1 Å². The molecule has 2 aromatic rings. The number of halogens is 1. The van der Waals surface area contributed by atoms with Gasteiger partial charge in [-0.05, 0) is 117 Å². The zero-order valence-corrected chi connectivity index (χ0v) is 29.5. The summed E-state index contributed by atoms with van der Waals surface area (Å²) in [5.74, 6) is 5.04. The molecule has 1 spiro atoms. The van der Waals surface area contributed by atoms with E-state index in [1.54, 1.807) is 6.07 Å². The molecular formula is C38H48ClN3O5S. The lowest BCUT2D eigenvalue weighted by atomic mass is 9.68. The van der Waals surface area contributed by atoms with Crippen LogP contribution in [0.5, 0.6) is 5.75 Å². The van der Waals surface area contributed by atoms with Crippen LogP contribution in [-0.4, -0.2) is 77.5 Å². The number of nitrogens with one attached hydrogen (secondary N) is 1. The van der Waals surface area contributed by atoms with E-state index in [2.05, 4.69) is 39.8 Å². The monoisotopic (exact) mass is 693 g/mol. The molecule has 48 heavy (non-hydrogen) atoms. The largest absolute Gasteiger partial charge is 0.490 e. The van der Waals surface area contributed by atoms with Crippen LogP contribution >= 0.6 is 11.6 Å². The molecule has 1 saturated heterocycles. The number of carbonyl (C=O) groups is 2. The minimum absolute atomic E-state index is 0.0559. The van der Waals surface area contributed by atoms with Crippen molar-refractivity contribution >= 4 is 44.7 Å². The fourth-order valence-corrected chi connectivity index (χ4v) is 10.3. The van der Waals surface area contributed by atoms with Crippen molar-refractivity contribution < 1.29 is 23.3 Å². The molecule has 1 N–H and O–H groups in total. The fourth-order valence-electron chi connectivity index (χ4n) is 8.41. The first-order valence-corrected chi connectivity index (χ1v) is 19.9. The molecule has 258 valence electrons. The van der Waals surface area contributed by atoms with Gasteiger partial charge in [-0.15, -0.1) is 0 Å². The Kier molecular flexibility index (Phi) is 9.57. The number of fused-ring (bicyclic) bond motifs is 4. The van der Waals surface area contributed by atoms with Crippen LogP contribution in [0.4, 0.5) is 5.69 Å². The number of benzene rings is 2. The van der Waals surface area contributed by atoms with Crippen molar-refractivity contribution in [1.29, 1.82) is 0 Å². The molecule has 8 nitrogen and oxygen atoms in total. The molecule has 6 atom stereocenters. The minimum atomic E-state index is -2.92. The predicted octanol–water partition coefficient (Wildman–Crippen LogP) is 5.95. The molecule has 3 heterocycles. The molecule has 2 aliphatic carbocycles.